The fraction of sp³-hybridized carbons (Fsp3) is 0.500. The summed E-state index contributed by atoms with van der Waals surface area (Å²) in [6.07, 6.45) is 7.55. The molecule has 1 aliphatic heterocycles. The molecule has 0 spiro atoms. The van der Waals surface area contributed by atoms with Gasteiger partial charge in [0, 0.05) is 50.7 Å². The minimum absolute atomic E-state index is 0.00765. The van der Waals surface area contributed by atoms with Crippen molar-refractivity contribution in [3.8, 4) is 0 Å². The van der Waals surface area contributed by atoms with E-state index >= 15 is 0 Å². The first-order chi connectivity index (χ1) is 15.8. The summed E-state index contributed by atoms with van der Waals surface area (Å²) in [5.41, 5.74) is -0.826. The topological polar surface area (TPSA) is 160 Å². The van der Waals surface area contributed by atoms with Crippen LogP contribution in [0, 0.1) is 5.92 Å². The molecule has 0 bridgehead atoms. The number of nitrogens with one attached hydrogen (secondary N) is 1. The number of piperidine rings is 1. The minimum atomic E-state index is -0.849. The van der Waals surface area contributed by atoms with Crippen molar-refractivity contribution in [1.82, 2.24) is 24.2 Å². The molecule has 33 heavy (non-hydrogen) atoms. The number of carboxylic acid groups (broad SMARTS) is 2. The summed E-state index contributed by atoms with van der Waals surface area (Å²) in [6, 6.07) is 1.74. The van der Waals surface area contributed by atoms with E-state index in [1.54, 1.807) is 47.6 Å². The van der Waals surface area contributed by atoms with Crippen LogP contribution in [-0.2, 0) is 31.8 Å². The predicted octanol–water partition coefficient (Wildman–Crippen LogP) is 0.723. The quantitative estimate of drug-likeness (QED) is 0.556. The molecule has 2 amide bonds. The Kier molecular flexibility index (Phi) is 9.07. The van der Waals surface area contributed by atoms with Gasteiger partial charge in [-0.1, -0.05) is 0 Å². The molecule has 2 aromatic heterocycles. The highest BCUT2D eigenvalue weighted by atomic mass is 19.1. The number of hydrogen-bond donors (Lipinski definition) is 3. The van der Waals surface area contributed by atoms with E-state index in [1.807, 2.05) is 4.57 Å². The second kappa shape index (κ2) is 11.7. The normalized spacial score (nSPS) is 20.6. The van der Waals surface area contributed by atoms with Crippen LogP contribution in [0.1, 0.15) is 25.7 Å². The summed E-state index contributed by atoms with van der Waals surface area (Å²) >= 11 is 0. The van der Waals surface area contributed by atoms with Crippen LogP contribution in [0.15, 0.2) is 31.0 Å². The van der Waals surface area contributed by atoms with Crippen LogP contribution in [0.3, 0.4) is 0 Å². The zero-order valence-electron chi connectivity index (χ0n) is 18.1. The van der Waals surface area contributed by atoms with E-state index in [1.165, 1.54) is 0 Å². The lowest BCUT2D eigenvalue weighted by molar-refractivity contribution is -0.144. The van der Waals surface area contributed by atoms with E-state index in [0.29, 0.717) is 44.6 Å². The number of carbonyl (C=O) groups is 4. The number of halogens is 1. The molecular weight excluding hydrogens is 439 g/mol. The van der Waals surface area contributed by atoms with E-state index in [4.69, 9.17) is 19.8 Å². The van der Waals surface area contributed by atoms with Crippen molar-refractivity contribution < 1.29 is 33.8 Å². The number of imidazole rings is 1. The van der Waals surface area contributed by atoms with Gasteiger partial charge in [-0.25, -0.2) is 9.37 Å². The van der Waals surface area contributed by atoms with Crippen LogP contribution in [0.2, 0.25) is 0 Å². The number of rotatable bonds is 4. The van der Waals surface area contributed by atoms with Crippen molar-refractivity contribution in [3.63, 3.8) is 0 Å². The summed E-state index contributed by atoms with van der Waals surface area (Å²) in [4.78, 5) is 48.2. The number of likely N-dealkylation sites (tertiary alicyclic amines) is 1. The van der Waals surface area contributed by atoms with E-state index in [9.17, 15) is 14.0 Å². The van der Waals surface area contributed by atoms with E-state index in [2.05, 4.69) is 15.4 Å². The van der Waals surface area contributed by atoms with Gasteiger partial charge < -0.3 is 25.0 Å². The van der Waals surface area contributed by atoms with Gasteiger partial charge in [-0.15, -0.1) is 0 Å². The third-order valence-corrected chi connectivity index (χ3v) is 5.71. The van der Waals surface area contributed by atoms with Gasteiger partial charge in [0.05, 0.1) is 6.33 Å². The lowest BCUT2D eigenvalue weighted by Crippen LogP contribution is -2.55. The average molecular weight is 466 g/mol. The van der Waals surface area contributed by atoms with Crippen molar-refractivity contribution >= 4 is 30.6 Å². The Labute approximate surface area is 189 Å². The number of nitrogens with zero attached hydrogens (tertiary/aromatic N) is 5. The smallest absolute Gasteiger partial charge is 0.290 e. The molecular formula is C20H27FN6O6. The molecule has 2 aromatic rings. The van der Waals surface area contributed by atoms with Gasteiger partial charge in [0.2, 0.25) is 5.91 Å². The zero-order valence-corrected chi connectivity index (χ0v) is 18.1. The Bertz CT molecular complexity index is 913. The highest BCUT2D eigenvalue weighted by Crippen LogP contribution is 2.36. The second-order valence-corrected chi connectivity index (χ2v) is 7.63. The number of alkyl halides is 1. The molecule has 4 rings (SSSR count). The van der Waals surface area contributed by atoms with Crippen LogP contribution in [0.5, 0.6) is 0 Å². The van der Waals surface area contributed by atoms with E-state index in [0.717, 1.165) is 0 Å². The van der Waals surface area contributed by atoms with Gasteiger partial charge in [-0.05, 0) is 25.7 Å². The number of aryl methyl sites for hydroxylation is 1. The number of carbonyl (C=O) groups excluding carboxylic acids is 2. The molecule has 1 aliphatic carbocycles. The van der Waals surface area contributed by atoms with E-state index < -0.39 is 11.7 Å². The molecule has 180 valence electrons. The molecule has 12 nitrogen and oxygen atoms in total. The monoisotopic (exact) mass is 466 g/mol. The van der Waals surface area contributed by atoms with Crippen LogP contribution < -0.4 is 5.32 Å². The molecule has 0 radical (unpaired) electrons. The van der Waals surface area contributed by atoms with Gasteiger partial charge in [-0.2, -0.15) is 5.10 Å². The standard InChI is InChI=1S/C18H23FN6O2.2CH2O2/c1-23-6-2-15(22-23)21-17(27)18(25-9-5-20-12-25)3-7-24(8-4-18)16(26)13-10-14(19)11-13;2*2-1-3/h2,5-6,9,12-14H,3-4,7-8,10-11H2,1H3,(H,21,22,27);2*1H,(H,2,3). The fourth-order valence-corrected chi connectivity index (χ4v) is 3.93. The lowest BCUT2D eigenvalue weighted by Gasteiger charge is -2.43. The molecule has 3 N–H and O–H groups in total. The number of amides is 2. The molecule has 13 heteroatoms. The van der Waals surface area contributed by atoms with Crippen molar-refractivity contribution in [3.05, 3.63) is 31.0 Å². The lowest BCUT2D eigenvalue weighted by atomic mass is 9.80. The summed E-state index contributed by atoms with van der Waals surface area (Å²) in [7, 11) is 1.79. The maximum absolute atomic E-state index is 13.2. The van der Waals surface area contributed by atoms with Crippen LogP contribution in [0.4, 0.5) is 10.2 Å². The molecule has 3 heterocycles. The molecule has 2 fully saturated rings. The highest BCUT2D eigenvalue weighted by Gasteiger charge is 2.46. The van der Waals surface area contributed by atoms with Crippen LogP contribution >= 0.6 is 0 Å². The minimum Gasteiger partial charge on any atom is -0.483 e. The van der Waals surface area contributed by atoms with Crippen molar-refractivity contribution in [2.45, 2.75) is 37.4 Å². The van der Waals surface area contributed by atoms with Crippen molar-refractivity contribution in [2.24, 2.45) is 13.0 Å². The Hall–Kier alpha value is -3.77. The van der Waals surface area contributed by atoms with Gasteiger partial charge in [0.1, 0.15) is 11.7 Å². The number of hydrogen-bond acceptors (Lipinski definition) is 6. The van der Waals surface area contributed by atoms with Gasteiger partial charge in [-0.3, -0.25) is 23.9 Å². The first-order valence-corrected chi connectivity index (χ1v) is 10.2. The Morgan fingerprint density at radius 3 is 2.24 bits per heavy atom. The molecule has 2 aliphatic rings. The van der Waals surface area contributed by atoms with Crippen LogP contribution in [-0.4, -0.2) is 78.5 Å². The maximum Gasteiger partial charge on any atom is 0.290 e. The molecule has 0 aromatic carbocycles. The summed E-state index contributed by atoms with van der Waals surface area (Å²) < 4.78 is 16.5. The molecule has 0 atom stereocenters. The zero-order chi connectivity index (χ0) is 24.4. The van der Waals surface area contributed by atoms with Crippen molar-refractivity contribution in [2.75, 3.05) is 18.4 Å². The summed E-state index contributed by atoms with van der Waals surface area (Å²) in [6.45, 7) is 0.417. The number of aromatic nitrogens is 4. The fourth-order valence-electron chi connectivity index (χ4n) is 3.93. The van der Waals surface area contributed by atoms with Gasteiger partial charge in [0.15, 0.2) is 5.82 Å². The summed E-state index contributed by atoms with van der Waals surface area (Å²) in [5.74, 6) is 0.124. The Morgan fingerprint density at radius 1 is 1.18 bits per heavy atom. The maximum atomic E-state index is 13.2. The van der Waals surface area contributed by atoms with E-state index in [-0.39, 0.29) is 30.7 Å². The Morgan fingerprint density at radius 2 is 1.79 bits per heavy atom. The van der Waals surface area contributed by atoms with Crippen molar-refractivity contribution in [1.29, 1.82) is 0 Å². The predicted molar refractivity (Wildman–Crippen MR) is 113 cm³/mol. The summed E-state index contributed by atoms with van der Waals surface area (Å²) in [5, 5.41) is 20.9. The van der Waals surface area contributed by atoms with Gasteiger partial charge in [0.25, 0.3) is 18.9 Å². The first kappa shape index (κ1) is 25.5. The number of anilines is 1. The largest absolute Gasteiger partial charge is 0.483 e. The SMILES string of the molecule is Cn1ccc(NC(=O)C2(n3ccnc3)CCN(C(=O)C3CC(F)C3)CC2)n1.O=CO.O=CO. The molecule has 1 saturated heterocycles. The Balaban J connectivity index is 0.000000582. The molecule has 1 saturated carbocycles. The molecule has 0 unspecified atom stereocenters. The third kappa shape index (κ3) is 6.14. The third-order valence-electron chi connectivity index (χ3n) is 5.71. The van der Waals surface area contributed by atoms with Gasteiger partial charge >= 0.3 is 0 Å². The highest BCUT2D eigenvalue weighted by molar-refractivity contribution is 5.96. The average Bonchev–Trinajstić information content (AvgIpc) is 3.44. The second-order valence-electron chi connectivity index (χ2n) is 7.63. The van der Waals surface area contributed by atoms with Crippen LogP contribution in [0.25, 0.3) is 0 Å². The first-order valence-electron chi connectivity index (χ1n) is 10.2.